The van der Waals surface area contributed by atoms with E-state index in [1.807, 2.05) is 0 Å². The zero-order chi connectivity index (χ0) is 18.7. The number of carbonyl (C=O) groups excluding carboxylic acids is 2. The molecule has 0 bridgehead atoms. The molecule has 0 radical (unpaired) electrons. The molecule has 1 heterocycles. The van der Waals surface area contributed by atoms with Crippen molar-refractivity contribution in [3.8, 4) is 17.2 Å². The van der Waals surface area contributed by atoms with Crippen molar-refractivity contribution in [2.24, 2.45) is 11.8 Å². The average molecular weight is 356 g/mol. The van der Waals surface area contributed by atoms with Crippen molar-refractivity contribution in [1.82, 2.24) is 0 Å². The molecule has 0 spiro atoms. The molecule has 1 aliphatic heterocycles. The molecule has 6 heteroatoms. The maximum atomic E-state index is 12.9. The Morgan fingerprint density at radius 3 is 2.08 bits per heavy atom. The van der Waals surface area contributed by atoms with Gasteiger partial charge in [-0.25, -0.2) is 0 Å². The van der Waals surface area contributed by atoms with Crippen LogP contribution >= 0.6 is 0 Å². The summed E-state index contributed by atoms with van der Waals surface area (Å²) in [7, 11) is 2.97. The summed E-state index contributed by atoms with van der Waals surface area (Å²) in [4.78, 5) is 25.7. The third-order valence-electron chi connectivity index (χ3n) is 4.59. The maximum Gasteiger partial charge on any atom is 0.169 e. The summed E-state index contributed by atoms with van der Waals surface area (Å²) in [5.74, 6) is -0.616. The maximum absolute atomic E-state index is 12.9. The molecule has 2 atom stereocenters. The number of aromatic hydroxyl groups is 1. The first-order valence-corrected chi connectivity index (χ1v) is 8.22. The van der Waals surface area contributed by atoms with E-state index in [0.717, 1.165) is 0 Å². The van der Waals surface area contributed by atoms with Crippen LogP contribution in [0.25, 0.3) is 0 Å². The van der Waals surface area contributed by atoms with E-state index in [2.05, 4.69) is 0 Å². The lowest BCUT2D eigenvalue weighted by molar-refractivity contribution is 0.0809. The molecular formula is C20H20O6. The zero-order valence-corrected chi connectivity index (χ0v) is 14.6. The highest BCUT2D eigenvalue weighted by Gasteiger charge is 2.39. The van der Waals surface area contributed by atoms with Gasteiger partial charge in [-0.1, -0.05) is 0 Å². The minimum absolute atomic E-state index is 0.0439. The Kier molecular flexibility index (Phi) is 5.23. The second kappa shape index (κ2) is 7.58. The number of methoxy groups -OCH3 is 2. The van der Waals surface area contributed by atoms with Gasteiger partial charge in [-0.05, 0) is 42.5 Å². The second-order valence-electron chi connectivity index (χ2n) is 6.09. The van der Waals surface area contributed by atoms with Crippen molar-refractivity contribution in [3.63, 3.8) is 0 Å². The van der Waals surface area contributed by atoms with Crippen LogP contribution < -0.4 is 9.47 Å². The van der Waals surface area contributed by atoms with Crippen LogP contribution in [-0.2, 0) is 4.74 Å². The molecule has 0 aromatic heterocycles. The number of benzene rings is 2. The van der Waals surface area contributed by atoms with E-state index < -0.39 is 11.8 Å². The zero-order valence-electron chi connectivity index (χ0n) is 14.6. The number of Topliss-reactive ketones (excluding diaryl/α,β-unsaturated/α-hetero) is 2. The van der Waals surface area contributed by atoms with Gasteiger partial charge in [-0.3, -0.25) is 9.59 Å². The minimum atomic E-state index is -0.571. The van der Waals surface area contributed by atoms with Crippen molar-refractivity contribution < 1.29 is 28.9 Å². The molecule has 0 saturated carbocycles. The van der Waals surface area contributed by atoms with Crippen LogP contribution in [0.15, 0.2) is 42.5 Å². The van der Waals surface area contributed by atoms with Gasteiger partial charge in [0.05, 0.1) is 39.3 Å². The number of carbonyl (C=O) groups is 2. The van der Waals surface area contributed by atoms with E-state index in [1.54, 1.807) is 31.4 Å². The van der Waals surface area contributed by atoms with Crippen molar-refractivity contribution in [3.05, 3.63) is 53.6 Å². The number of ether oxygens (including phenoxy) is 3. The summed E-state index contributed by atoms with van der Waals surface area (Å²) in [6, 6.07) is 11.2. The Labute approximate surface area is 151 Å². The first kappa shape index (κ1) is 17.9. The van der Waals surface area contributed by atoms with Crippen LogP contribution in [0.4, 0.5) is 0 Å². The van der Waals surface area contributed by atoms with Crippen molar-refractivity contribution in [2.45, 2.75) is 0 Å². The average Bonchev–Trinajstić information content (AvgIpc) is 3.17. The SMILES string of the molecule is COc1ccc(C(=O)[C@H]2COC[C@@H]2C(=O)c2ccc(O)c(OC)c2)cc1. The molecular weight excluding hydrogens is 336 g/mol. The third kappa shape index (κ3) is 3.41. The van der Waals surface area contributed by atoms with Gasteiger partial charge in [0.25, 0.3) is 0 Å². The Bertz CT molecular complexity index is 812. The van der Waals surface area contributed by atoms with Gasteiger partial charge in [-0.15, -0.1) is 0 Å². The number of ketones is 2. The molecule has 0 aliphatic carbocycles. The summed E-state index contributed by atoms with van der Waals surface area (Å²) in [5.41, 5.74) is 0.894. The van der Waals surface area contributed by atoms with E-state index in [9.17, 15) is 14.7 Å². The molecule has 2 aromatic rings. The van der Waals surface area contributed by atoms with E-state index in [0.29, 0.717) is 16.9 Å². The Balaban J connectivity index is 1.82. The third-order valence-corrected chi connectivity index (χ3v) is 4.59. The van der Waals surface area contributed by atoms with E-state index in [-0.39, 0.29) is 36.3 Å². The molecule has 1 N–H and O–H groups in total. The predicted octanol–water partition coefficient (Wildman–Crippen LogP) is 2.74. The molecule has 1 saturated heterocycles. The summed E-state index contributed by atoms with van der Waals surface area (Å²) >= 11 is 0. The monoisotopic (exact) mass is 356 g/mol. The van der Waals surface area contributed by atoms with Gasteiger partial charge in [0.1, 0.15) is 5.75 Å². The van der Waals surface area contributed by atoms with E-state index in [4.69, 9.17) is 14.2 Å². The number of phenolic OH excluding ortho intramolecular Hbond substituents is 1. The summed E-state index contributed by atoms with van der Waals surface area (Å²) in [5, 5.41) is 9.69. The first-order chi connectivity index (χ1) is 12.5. The fraction of sp³-hybridized carbons (Fsp3) is 0.300. The van der Waals surface area contributed by atoms with Gasteiger partial charge in [0, 0.05) is 11.1 Å². The highest BCUT2D eigenvalue weighted by molar-refractivity contribution is 6.05. The topological polar surface area (TPSA) is 82.1 Å². The molecule has 2 aromatic carbocycles. The lowest BCUT2D eigenvalue weighted by Gasteiger charge is -2.16. The van der Waals surface area contributed by atoms with Crippen LogP contribution in [0, 0.1) is 11.8 Å². The van der Waals surface area contributed by atoms with Crippen molar-refractivity contribution >= 4 is 11.6 Å². The lowest BCUT2D eigenvalue weighted by atomic mass is 9.83. The highest BCUT2D eigenvalue weighted by Crippen LogP contribution is 2.32. The summed E-state index contributed by atoms with van der Waals surface area (Å²) in [6.45, 7) is 0.394. The highest BCUT2D eigenvalue weighted by atomic mass is 16.5. The van der Waals surface area contributed by atoms with Crippen LogP contribution in [0.2, 0.25) is 0 Å². The number of hydrogen-bond acceptors (Lipinski definition) is 6. The quantitative estimate of drug-likeness (QED) is 0.802. The fourth-order valence-corrected chi connectivity index (χ4v) is 3.09. The first-order valence-electron chi connectivity index (χ1n) is 8.22. The largest absolute Gasteiger partial charge is 0.504 e. The molecule has 0 amide bonds. The number of phenols is 1. The Hall–Kier alpha value is -2.86. The lowest BCUT2D eigenvalue weighted by Crippen LogP contribution is -2.29. The van der Waals surface area contributed by atoms with Crippen molar-refractivity contribution in [1.29, 1.82) is 0 Å². The van der Waals surface area contributed by atoms with Crippen LogP contribution in [0.1, 0.15) is 20.7 Å². The minimum Gasteiger partial charge on any atom is -0.504 e. The van der Waals surface area contributed by atoms with Crippen LogP contribution in [0.5, 0.6) is 17.2 Å². The van der Waals surface area contributed by atoms with Gasteiger partial charge in [0.15, 0.2) is 23.1 Å². The molecule has 1 aliphatic rings. The van der Waals surface area contributed by atoms with Crippen molar-refractivity contribution in [2.75, 3.05) is 27.4 Å². The smallest absolute Gasteiger partial charge is 0.169 e. The van der Waals surface area contributed by atoms with Gasteiger partial charge < -0.3 is 19.3 Å². The van der Waals surface area contributed by atoms with E-state index in [1.165, 1.54) is 25.3 Å². The summed E-state index contributed by atoms with van der Waals surface area (Å²) < 4.78 is 15.6. The predicted molar refractivity (Wildman–Crippen MR) is 94.1 cm³/mol. The van der Waals surface area contributed by atoms with Crippen LogP contribution in [0.3, 0.4) is 0 Å². The molecule has 136 valence electrons. The number of rotatable bonds is 6. The van der Waals surface area contributed by atoms with Gasteiger partial charge >= 0.3 is 0 Å². The molecule has 0 unspecified atom stereocenters. The second-order valence-corrected chi connectivity index (χ2v) is 6.09. The summed E-state index contributed by atoms with van der Waals surface area (Å²) in [6.07, 6.45) is 0. The Morgan fingerprint density at radius 1 is 0.923 bits per heavy atom. The molecule has 6 nitrogen and oxygen atoms in total. The Morgan fingerprint density at radius 2 is 1.50 bits per heavy atom. The standard InChI is InChI=1S/C20H20O6/c1-24-14-6-3-12(4-7-14)19(22)15-10-26-11-16(15)20(23)13-5-8-17(21)18(9-13)25-2/h3-9,15-16,21H,10-11H2,1-2H3/t15-,16-/m0/s1. The molecule has 3 rings (SSSR count). The normalized spacial score (nSPS) is 19.2. The van der Waals surface area contributed by atoms with Crippen LogP contribution in [-0.4, -0.2) is 44.1 Å². The van der Waals surface area contributed by atoms with E-state index >= 15 is 0 Å². The molecule has 26 heavy (non-hydrogen) atoms. The number of hydrogen-bond donors (Lipinski definition) is 1. The van der Waals surface area contributed by atoms with Gasteiger partial charge in [0.2, 0.25) is 0 Å². The van der Waals surface area contributed by atoms with Gasteiger partial charge in [-0.2, -0.15) is 0 Å². The fourth-order valence-electron chi connectivity index (χ4n) is 3.09. The molecule has 1 fully saturated rings.